The predicted octanol–water partition coefficient (Wildman–Crippen LogP) is 2.96. The molecule has 0 amide bonds. The minimum absolute atomic E-state index is 0.343. The molecule has 18 heavy (non-hydrogen) atoms. The number of nitrogens with one attached hydrogen (secondary N) is 1. The van der Waals surface area contributed by atoms with E-state index in [1.165, 1.54) is 10.5 Å². The van der Waals surface area contributed by atoms with Crippen molar-refractivity contribution in [1.29, 1.82) is 0 Å². The third-order valence-corrected chi connectivity index (χ3v) is 3.99. The number of rotatable bonds is 6. The van der Waals surface area contributed by atoms with Gasteiger partial charge in [0.1, 0.15) is 0 Å². The van der Waals surface area contributed by atoms with Crippen LogP contribution in [-0.4, -0.2) is 22.6 Å². The molecule has 2 aromatic rings. The van der Waals surface area contributed by atoms with E-state index in [0.29, 0.717) is 6.04 Å². The lowest BCUT2D eigenvalue weighted by Gasteiger charge is -2.13. The van der Waals surface area contributed by atoms with Gasteiger partial charge in [0.25, 0.3) is 0 Å². The smallest absolute Gasteiger partial charge is 0.0537 e. The summed E-state index contributed by atoms with van der Waals surface area (Å²) in [7, 11) is 2.00. The van der Waals surface area contributed by atoms with Gasteiger partial charge >= 0.3 is 0 Å². The Balaban J connectivity index is 1.97. The minimum atomic E-state index is 0.343. The molecule has 96 valence electrons. The average molecular weight is 261 g/mol. The van der Waals surface area contributed by atoms with Crippen LogP contribution in [0.3, 0.4) is 0 Å². The van der Waals surface area contributed by atoms with E-state index in [1.54, 1.807) is 0 Å². The van der Waals surface area contributed by atoms with Crippen LogP contribution < -0.4 is 5.32 Å². The molecule has 1 unspecified atom stereocenters. The summed E-state index contributed by atoms with van der Waals surface area (Å²) in [4.78, 5) is 1.31. The van der Waals surface area contributed by atoms with Crippen LogP contribution in [0, 0.1) is 0 Å². The van der Waals surface area contributed by atoms with Crippen LogP contribution in [0.4, 0.5) is 0 Å². The Hall–Kier alpha value is -1.26. The van der Waals surface area contributed by atoms with Crippen molar-refractivity contribution < 1.29 is 0 Å². The second kappa shape index (κ2) is 6.61. The molecule has 0 saturated heterocycles. The van der Waals surface area contributed by atoms with E-state index in [-0.39, 0.29) is 0 Å². The molecule has 0 aliphatic carbocycles. The van der Waals surface area contributed by atoms with Crippen molar-refractivity contribution in [1.82, 2.24) is 15.1 Å². The number of hydrogen-bond donors (Lipinski definition) is 1. The summed E-state index contributed by atoms with van der Waals surface area (Å²) in [5.41, 5.74) is 1.25. The second-order valence-corrected chi connectivity index (χ2v) is 5.19. The Kier molecular flexibility index (Phi) is 4.84. The predicted molar refractivity (Wildman–Crippen MR) is 76.9 cm³/mol. The van der Waals surface area contributed by atoms with Crippen molar-refractivity contribution in [2.24, 2.45) is 0 Å². The molecule has 1 aromatic heterocycles. The van der Waals surface area contributed by atoms with Crippen LogP contribution in [0.15, 0.2) is 47.6 Å². The third kappa shape index (κ3) is 3.37. The highest BCUT2D eigenvalue weighted by molar-refractivity contribution is 7.99. The molecule has 0 fully saturated rings. The maximum Gasteiger partial charge on any atom is 0.0537 e. The molecule has 0 aliphatic rings. The van der Waals surface area contributed by atoms with Crippen LogP contribution in [-0.2, 0) is 6.54 Å². The molecule has 3 nitrogen and oxygen atoms in total. The SMILES string of the molecule is CCn1cc(C(CSc2ccccc2)NC)cn1. The Morgan fingerprint density at radius 2 is 2.11 bits per heavy atom. The molecule has 1 heterocycles. The van der Waals surface area contributed by atoms with Gasteiger partial charge < -0.3 is 5.32 Å². The zero-order valence-corrected chi connectivity index (χ0v) is 11.7. The maximum atomic E-state index is 4.33. The normalized spacial score (nSPS) is 12.6. The van der Waals surface area contributed by atoms with E-state index < -0.39 is 0 Å². The number of nitrogens with zero attached hydrogens (tertiary/aromatic N) is 2. The lowest BCUT2D eigenvalue weighted by atomic mass is 10.2. The highest BCUT2D eigenvalue weighted by Crippen LogP contribution is 2.24. The fourth-order valence-electron chi connectivity index (χ4n) is 1.77. The number of thioether (sulfide) groups is 1. The van der Waals surface area contributed by atoms with E-state index >= 15 is 0 Å². The first kappa shape index (κ1) is 13.2. The lowest BCUT2D eigenvalue weighted by molar-refractivity contribution is 0.645. The van der Waals surface area contributed by atoms with E-state index in [1.807, 2.05) is 35.8 Å². The van der Waals surface area contributed by atoms with Gasteiger partial charge in [-0.2, -0.15) is 5.10 Å². The van der Waals surface area contributed by atoms with Crippen molar-refractivity contribution in [3.05, 3.63) is 48.3 Å². The van der Waals surface area contributed by atoms with Crippen molar-refractivity contribution in [3.63, 3.8) is 0 Å². The summed E-state index contributed by atoms with van der Waals surface area (Å²) >= 11 is 1.87. The summed E-state index contributed by atoms with van der Waals surface area (Å²) < 4.78 is 1.97. The van der Waals surface area contributed by atoms with Crippen LogP contribution in [0.2, 0.25) is 0 Å². The zero-order valence-electron chi connectivity index (χ0n) is 10.8. The summed E-state index contributed by atoms with van der Waals surface area (Å²) in [6, 6.07) is 10.8. The molecular formula is C14H19N3S. The number of aryl methyl sites for hydroxylation is 1. The Morgan fingerprint density at radius 3 is 2.72 bits per heavy atom. The van der Waals surface area contributed by atoms with E-state index in [2.05, 4.69) is 47.8 Å². The van der Waals surface area contributed by atoms with Crippen LogP contribution in [0.5, 0.6) is 0 Å². The van der Waals surface area contributed by atoms with Gasteiger partial charge in [0.15, 0.2) is 0 Å². The Labute approximate surface area is 113 Å². The van der Waals surface area contributed by atoms with Gasteiger partial charge in [-0.3, -0.25) is 4.68 Å². The van der Waals surface area contributed by atoms with Crippen molar-refractivity contribution >= 4 is 11.8 Å². The molecule has 1 N–H and O–H groups in total. The molecule has 4 heteroatoms. The Bertz CT molecular complexity index is 467. The molecule has 0 radical (unpaired) electrons. The fourth-order valence-corrected chi connectivity index (χ4v) is 2.84. The highest BCUT2D eigenvalue weighted by Gasteiger charge is 2.11. The molecule has 2 rings (SSSR count). The van der Waals surface area contributed by atoms with Gasteiger partial charge in [0, 0.05) is 35.0 Å². The van der Waals surface area contributed by atoms with Gasteiger partial charge in [0.2, 0.25) is 0 Å². The summed E-state index contributed by atoms with van der Waals surface area (Å²) in [5, 5.41) is 7.68. The summed E-state index contributed by atoms with van der Waals surface area (Å²) in [6.07, 6.45) is 4.07. The van der Waals surface area contributed by atoms with Gasteiger partial charge in [0.05, 0.1) is 6.20 Å². The van der Waals surface area contributed by atoms with Crippen molar-refractivity contribution in [2.75, 3.05) is 12.8 Å². The average Bonchev–Trinajstić information content (AvgIpc) is 2.89. The Morgan fingerprint density at radius 1 is 1.33 bits per heavy atom. The topological polar surface area (TPSA) is 29.9 Å². The maximum absolute atomic E-state index is 4.33. The number of hydrogen-bond acceptors (Lipinski definition) is 3. The molecule has 0 aliphatic heterocycles. The fraction of sp³-hybridized carbons (Fsp3) is 0.357. The summed E-state index contributed by atoms with van der Waals surface area (Å²) in [6.45, 7) is 3.02. The minimum Gasteiger partial charge on any atom is -0.312 e. The first-order valence-corrected chi connectivity index (χ1v) is 7.19. The molecule has 1 atom stereocenters. The van der Waals surface area contributed by atoms with Crippen molar-refractivity contribution in [2.45, 2.75) is 24.4 Å². The van der Waals surface area contributed by atoms with E-state index in [9.17, 15) is 0 Å². The lowest BCUT2D eigenvalue weighted by Crippen LogP contribution is -2.18. The van der Waals surface area contributed by atoms with E-state index in [0.717, 1.165) is 12.3 Å². The molecule has 1 aromatic carbocycles. The first-order valence-electron chi connectivity index (χ1n) is 6.21. The second-order valence-electron chi connectivity index (χ2n) is 4.09. The van der Waals surface area contributed by atoms with Crippen LogP contribution in [0.1, 0.15) is 18.5 Å². The van der Waals surface area contributed by atoms with E-state index in [4.69, 9.17) is 0 Å². The largest absolute Gasteiger partial charge is 0.312 e. The molecule has 0 saturated carbocycles. The van der Waals surface area contributed by atoms with Crippen LogP contribution >= 0.6 is 11.8 Å². The van der Waals surface area contributed by atoms with Gasteiger partial charge in [-0.15, -0.1) is 11.8 Å². The van der Waals surface area contributed by atoms with Crippen LogP contribution in [0.25, 0.3) is 0 Å². The molecular weight excluding hydrogens is 242 g/mol. The zero-order chi connectivity index (χ0) is 12.8. The highest BCUT2D eigenvalue weighted by atomic mass is 32.2. The number of aromatic nitrogens is 2. The summed E-state index contributed by atoms with van der Waals surface area (Å²) in [5.74, 6) is 1.01. The number of benzene rings is 1. The first-order chi connectivity index (χ1) is 8.83. The third-order valence-electron chi connectivity index (χ3n) is 2.89. The van der Waals surface area contributed by atoms with Gasteiger partial charge in [-0.1, -0.05) is 18.2 Å². The van der Waals surface area contributed by atoms with Gasteiger partial charge in [-0.05, 0) is 26.1 Å². The molecule has 0 bridgehead atoms. The van der Waals surface area contributed by atoms with Gasteiger partial charge in [-0.25, -0.2) is 0 Å². The quantitative estimate of drug-likeness (QED) is 0.811. The monoisotopic (exact) mass is 261 g/mol. The molecule has 0 spiro atoms. The standard InChI is InChI=1S/C14H19N3S/c1-3-17-10-12(9-16-17)14(15-2)11-18-13-7-5-4-6-8-13/h4-10,14-15H,3,11H2,1-2H3. The van der Waals surface area contributed by atoms with Crippen molar-refractivity contribution in [3.8, 4) is 0 Å².